The van der Waals surface area contributed by atoms with Crippen LogP contribution >= 0.6 is 0 Å². The fourth-order valence-corrected chi connectivity index (χ4v) is 4.35. The number of piperidine rings is 1. The van der Waals surface area contributed by atoms with E-state index in [4.69, 9.17) is 15.2 Å². The van der Waals surface area contributed by atoms with Crippen LogP contribution in [0.25, 0.3) is 11.0 Å². The first-order valence-electron chi connectivity index (χ1n) is 11.1. The minimum absolute atomic E-state index is 0.0200. The molecule has 5 rings (SSSR count). The van der Waals surface area contributed by atoms with Crippen LogP contribution < -0.4 is 26.1 Å². The summed E-state index contributed by atoms with van der Waals surface area (Å²) in [4.78, 5) is 23.6. The average molecular weight is 437 g/mol. The van der Waals surface area contributed by atoms with E-state index in [0.717, 1.165) is 60.7 Å². The molecule has 0 saturated carbocycles. The summed E-state index contributed by atoms with van der Waals surface area (Å²) >= 11 is 0. The maximum Gasteiger partial charge on any atom is 0.251 e. The van der Waals surface area contributed by atoms with E-state index in [0.29, 0.717) is 38.0 Å². The Morgan fingerprint density at radius 2 is 1.84 bits per heavy atom. The number of rotatable bonds is 6. The van der Waals surface area contributed by atoms with Gasteiger partial charge in [-0.25, -0.2) is 0 Å². The Morgan fingerprint density at radius 1 is 1.03 bits per heavy atom. The second kappa shape index (κ2) is 9.13. The zero-order valence-corrected chi connectivity index (χ0v) is 18.0. The van der Waals surface area contributed by atoms with Crippen LogP contribution in [0.15, 0.2) is 41.5 Å². The van der Waals surface area contributed by atoms with E-state index in [9.17, 15) is 4.79 Å². The van der Waals surface area contributed by atoms with Crippen molar-refractivity contribution in [3.05, 3.63) is 52.7 Å². The van der Waals surface area contributed by atoms with Gasteiger partial charge in [-0.1, -0.05) is 0 Å². The van der Waals surface area contributed by atoms with Crippen molar-refractivity contribution in [2.45, 2.75) is 32.0 Å². The van der Waals surface area contributed by atoms with Crippen LogP contribution in [0.5, 0.6) is 11.5 Å². The van der Waals surface area contributed by atoms with E-state index in [1.807, 2.05) is 12.1 Å². The molecule has 2 aliphatic heterocycles. The molecule has 0 aliphatic carbocycles. The summed E-state index contributed by atoms with van der Waals surface area (Å²) in [5.41, 5.74) is 8.97. The highest BCUT2D eigenvalue weighted by atomic mass is 16.6. The largest absolute Gasteiger partial charge is 0.486 e. The van der Waals surface area contributed by atoms with E-state index >= 15 is 0 Å². The molecular formula is C23H28N6O3. The van der Waals surface area contributed by atoms with E-state index in [2.05, 4.69) is 20.2 Å². The van der Waals surface area contributed by atoms with Gasteiger partial charge in [-0.3, -0.25) is 14.8 Å². The lowest BCUT2D eigenvalue weighted by Gasteiger charge is -2.32. The van der Waals surface area contributed by atoms with E-state index in [1.54, 1.807) is 29.1 Å². The normalized spacial score (nSPS) is 17.0. The number of nitrogen functional groups attached to an aromatic ring is 1. The van der Waals surface area contributed by atoms with Crippen molar-refractivity contribution in [1.29, 1.82) is 0 Å². The highest BCUT2D eigenvalue weighted by Gasteiger charge is 2.20. The molecule has 0 amide bonds. The molecule has 3 N–H and O–H groups in total. The Labute approximate surface area is 186 Å². The third-order valence-corrected chi connectivity index (χ3v) is 6.15. The number of anilines is 1. The Hall–Kier alpha value is -3.17. The van der Waals surface area contributed by atoms with Crippen molar-refractivity contribution in [3.63, 3.8) is 0 Å². The van der Waals surface area contributed by atoms with Gasteiger partial charge in [-0.2, -0.15) is 0 Å². The predicted molar refractivity (Wildman–Crippen MR) is 122 cm³/mol. The van der Waals surface area contributed by atoms with Gasteiger partial charge in [0.2, 0.25) is 0 Å². The molecule has 0 radical (unpaired) electrons. The number of hydrogen-bond acceptors (Lipinski definition) is 8. The summed E-state index contributed by atoms with van der Waals surface area (Å²) in [5, 5.41) is 3.62. The SMILES string of the molecule is Nc1cnc2ccc(=O)n(CCN3CCC(NCc4cc5c(cn4)OCCO5)CC3)c2c1. The fourth-order valence-electron chi connectivity index (χ4n) is 4.35. The molecule has 3 aromatic rings. The molecule has 0 bridgehead atoms. The van der Waals surface area contributed by atoms with E-state index in [-0.39, 0.29) is 5.56 Å². The summed E-state index contributed by atoms with van der Waals surface area (Å²) in [6.07, 6.45) is 5.48. The van der Waals surface area contributed by atoms with Crippen molar-refractivity contribution in [3.8, 4) is 11.5 Å². The Bertz CT molecular complexity index is 1160. The highest BCUT2D eigenvalue weighted by Crippen LogP contribution is 2.29. The Morgan fingerprint density at radius 3 is 2.69 bits per heavy atom. The third-order valence-electron chi connectivity index (χ3n) is 6.15. The molecule has 0 spiro atoms. The first-order valence-corrected chi connectivity index (χ1v) is 11.1. The van der Waals surface area contributed by atoms with Gasteiger partial charge in [0.05, 0.1) is 34.8 Å². The van der Waals surface area contributed by atoms with Gasteiger partial charge in [0.1, 0.15) is 13.2 Å². The van der Waals surface area contributed by atoms with Crippen molar-refractivity contribution in [2.75, 3.05) is 38.6 Å². The number of fused-ring (bicyclic) bond motifs is 2. The van der Waals surface area contributed by atoms with Crippen LogP contribution in [0.4, 0.5) is 5.69 Å². The smallest absolute Gasteiger partial charge is 0.251 e. The molecular weight excluding hydrogens is 408 g/mol. The van der Waals surface area contributed by atoms with Crippen LogP contribution in [0.3, 0.4) is 0 Å². The predicted octanol–water partition coefficient (Wildman–Crippen LogP) is 1.40. The molecule has 168 valence electrons. The highest BCUT2D eigenvalue weighted by molar-refractivity contribution is 5.77. The molecule has 32 heavy (non-hydrogen) atoms. The van der Waals surface area contributed by atoms with Crippen molar-refractivity contribution in [1.82, 2.24) is 24.8 Å². The molecule has 3 aromatic heterocycles. The summed E-state index contributed by atoms with van der Waals surface area (Å²) in [5.74, 6) is 1.50. The minimum atomic E-state index is -0.0200. The number of likely N-dealkylation sites (tertiary alicyclic amines) is 1. The molecule has 9 nitrogen and oxygen atoms in total. The standard InChI is InChI=1S/C23H28N6O3/c24-16-11-20-19(27-13-16)1-2-23(30)29(20)8-7-28-5-3-17(4-6-28)25-14-18-12-21-22(15-26-18)32-10-9-31-21/h1-2,11-13,15,17,25H,3-10,14,24H2. The topological polar surface area (TPSA) is 108 Å². The van der Waals surface area contributed by atoms with Crippen molar-refractivity contribution < 1.29 is 9.47 Å². The summed E-state index contributed by atoms with van der Waals surface area (Å²) < 4.78 is 12.9. The molecule has 1 fully saturated rings. The van der Waals surface area contributed by atoms with Gasteiger partial charge in [-0.15, -0.1) is 0 Å². The molecule has 2 aliphatic rings. The number of hydrogen-bond donors (Lipinski definition) is 2. The molecule has 1 saturated heterocycles. The van der Waals surface area contributed by atoms with Crippen LogP contribution in [0, 0.1) is 0 Å². The van der Waals surface area contributed by atoms with E-state index < -0.39 is 0 Å². The number of pyridine rings is 3. The Kier molecular flexibility index (Phi) is 5.91. The zero-order chi connectivity index (χ0) is 21.9. The number of ether oxygens (including phenoxy) is 2. The average Bonchev–Trinajstić information content (AvgIpc) is 2.82. The first-order chi connectivity index (χ1) is 15.7. The lowest BCUT2D eigenvalue weighted by molar-refractivity contribution is 0.170. The lowest BCUT2D eigenvalue weighted by Crippen LogP contribution is -2.43. The zero-order valence-electron chi connectivity index (χ0n) is 18.0. The molecule has 0 aromatic carbocycles. The van der Waals surface area contributed by atoms with Crippen molar-refractivity contribution in [2.24, 2.45) is 0 Å². The van der Waals surface area contributed by atoms with Gasteiger partial charge in [0.25, 0.3) is 5.56 Å². The second-order valence-electron chi connectivity index (χ2n) is 8.31. The van der Waals surface area contributed by atoms with Gasteiger partial charge >= 0.3 is 0 Å². The molecule has 9 heteroatoms. The summed E-state index contributed by atoms with van der Waals surface area (Å²) in [6.45, 7) is 5.30. The maximum absolute atomic E-state index is 12.4. The van der Waals surface area contributed by atoms with Gasteiger partial charge in [-0.05, 0) is 38.1 Å². The number of nitrogens with zero attached hydrogens (tertiary/aromatic N) is 4. The van der Waals surface area contributed by atoms with Gasteiger partial charge in [0, 0.05) is 37.8 Å². The quantitative estimate of drug-likeness (QED) is 0.597. The number of nitrogens with two attached hydrogens (primary N) is 1. The third kappa shape index (κ3) is 4.53. The van der Waals surface area contributed by atoms with Crippen LogP contribution in [0.2, 0.25) is 0 Å². The number of nitrogens with one attached hydrogen (secondary N) is 1. The fraction of sp³-hybridized carbons (Fsp3) is 0.435. The van der Waals surface area contributed by atoms with Gasteiger partial charge in [0.15, 0.2) is 11.5 Å². The minimum Gasteiger partial charge on any atom is -0.486 e. The molecule has 0 unspecified atom stereocenters. The first kappa shape index (κ1) is 20.7. The molecule has 5 heterocycles. The van der Waals surface area contributed by atoms with E-state index in [1.165, 1.54) is 0 Å². The molecule has 0 atom stereocenters. The lowest BCUT2D eigenvalue weighted by atomic mass is 10.0. The van der Waals surface area contributed by atoms with Gasteiger partial charge < -0.3 is 30.0 Å². The maximum atomic E-state index is 12.4. The van der Waals surface area contributed by atoms with Crippen molar-refractivity contribution >= 4 is 16.7 Å². The second-order valence-corrected chi connectivity index (χ2v) is 8.31. The Balaban J connectivity index is 1.13. The van der Waals surface area contributed by atoms with Crippen LogP contribution in [-0.4, -0.2) is 58.3 Å². The van der Waals surface area contributed by atoms with Crippen LogP contribution in [0.1, 0.15) is 18.5 Å². The summed E-state index contributed by atoms with van der Waals surface area (Å²) in [6, 6.07) is 7.56. The van der Waals surface area contributed by atoms with Crippen LogP contribution in [-0.2, 0) is 13.1 Å². The monoisotopic (exact) mass is 436 g/mol. The number of aromatic nitrogens is 3. The summed E-state index contributed by atoms with van der Waals surface area (Å²) in [7, 11) is 0.